The van der Waals surface area contributed by atoms with Crippen molar-refractivity contribution in [2.24, 2.45) is 0 Å². The van der Waals surface area contributed by atoms with E-state index >= 15 is 0 Å². The Morgan fingerprint density at radius 1 is 1.45 bits per heavy atom. The van der Waals surface area contributed by atoms with Gasteiger partial charge in [-0.2, -0.15) is 4.98 Å². The van der Waals surface area contributed by atoms with Crippen LogP contribution >= 0.6 is 0 Å². The van der Waals surface area contributed by atoms with Gasteiger partial charge in [-0.15, -0.1) is 0 Å². The summed E-state index contributed by atoms with van der Waals surface area (Å²) in [5, 5.41) is 6.99. The van der Waals surface area contributed by atoms with Gasteiger partial charge in [0.25, 0.3) is 0 Å². The number of hydrogen-bond donors (Lipinski definition) is 1. The summed E-state index contributed by atoms with van der Waals surface area (Å²) in [4.78, 5) is 16.3. The van der Waals surface area contributed by atoms with Crippen LogP contribution < -0.4 is 5.32 Å². The van der Waals surface area contributed by atoms with Gasteiger partial charge in [-0.3, -0.25) is 4.79 Å². The average Bonchev–Trinajstić information content (AvgIpc) is 3.09. The van der Waals surface area contributed by atoms with Crippen molar-refractivity contribution in [3.05, 3.63) is 11.7 Å². The highest BCUT2D eigenvalue weighted by Crippen LogP contribution is 2.19. The Labute approximate surface area is 132 Å². The first-order valence-corrected chi connectivity index (χ1v) is 8.10. The molecule has 2 heterocycles. The SMILES string of the molecule is C[C@@H](NC(=O)CCCc1nc(C(C)(C)C)no1)[C@H]1CCCO1. The van der Waals surface area contributed by atoms with E-state index in [0.29, 0.717) is 31.0 Å². The number of carbonyl (C=O) groups is 1. The van der Waals surface area contributed by atoms with Crippen molar-refractivity contribution in [3.63, 3.8) is 0 Å². The van der Waals surface area contributed by atoms with Crippen LogP contribution in [0.25, 0.3) is 0 Å². The third-order valence-corrected chi connectivity index (χ3v) is 3.84. The maximum atomic E-state index is 11.9. The monoisotopic (exact) mass is 309 g/mol. The van der Waals surface area contributed by atoms with Crippen LogP contribution in [0.4, 0.5) is 0 Å². The molecule has 1 saturated heterocycles. The van der Waals surface area contributed by atoms with E-state index in [4.69, 9.17) is 9.26 Å². The molecule has 0 spiro atoms. The van der Waals surface area contributed by atoms with Crippen LogP contribution in [0.1, 0.15) is 65.1 Å². The highest BCUT2D eigenvalue weighted by Gasteiger charge is 2.24. The van der Waals surface area contributed by atoms with Gasteiger partial charge in [0.1, 0.15) is 0 Å². The minimum absolute atomic E-state index is 0.0542. The minimum Gasteiger partial charge on any atom is -0.376 e. The van der Waals surface area contributed by atoms with Crippen LogP contribution in [0.15, 0.2) is 4.52 Å². The van der Waals surface area contributed by atoms with E-state index in [9.17, 15) is 4.79 Å². The topological polar surface area (TPSA) is 77.3 Å². The van der Waals surface area contributed by atoms with Crippen LogP contribution in [-0.4, -0.2) is 34.8 Å². The average molecular weight is 309 g/mol. The molecule has 1 N–H and O–H groups in total. The molecule has 1 aliphatic heterocycles. The third kappa shape index (κ3) is 4.80. The van der Waals surface area contributed by atoms with Crippen molar-refractivity contribution in [2.45, 2.75) is 77.4 Å². The normalized spacial score (nSPS) is 20.1. The molecule has 1 fully saturated rings. The lowest BCUT2D eigenvalue weighted by Gasteiger charge is -2.19. The summed E-state index contributed by atoms with van der Waals surface area (Å²) < 4.78 is 10.8. The summed E-state index contributed by atoms with van der Waals surface area (Å²) >= 11 is 0. The first-order chi connectivity index (χ1) is 10.4. The van der Waals surface area contributed by atoms with Gasteiger partial charge in [-0.25, -0.2) is 0 Å². The molecule has 0 aromatic carbocycles. The van der Waals surface area contributed by atoms with Crippen LogP contribution in [-0.2, 0) is 21.4 Å². The fourth-order valence-corrected chi connectivity index (χ4v) is 2.48. The standard InChI is InChI=1S/C16H27N3O3/c1-11(12-7-6-10-21-12)17-13(20)8-5-9-14-18-15(19-22-14)16(2,3)4/h11-12H,5-10H2,1-4H3,(H,17,20)/t11-,12-/m1/s1. The summed E-state index contributed by atoms with van der Waals surface area (Å²) in [5.41, 5.74) is -0.115. The van der Waals surface area contributed by atoms with Crippen molar-refractivity contribution in [1.29, 1.82) is 0 Å². The Hall–Kier alpha value is -1.43. The Kier molecular flexibility index (Phi) is 5.56. The number of rotatable bonds is 6. The van der Waals surface area contributed by atoms with Crippen LogP contribution in [0, 0.1) is 0 Å². The second kappa shape index (κ2) is 7.22. The minimum atomic E-state index is -0.115. The summed E-state index contributed by atoms with van der Waals surface area (Å²) in [6.07, 6.45) is 4.07. The lowest BCUT2D eigenvalue weighted by molar-refractivity contribution is -0.122. The van der Waals surface area contributed by atoms with Crippen molar-refractivity contribution >= 4 is 5.91 Å². The molecule has 6 nitrogen and oxygen atoms in total. The summed E-state index contributed by atoms with van der Waals surface area (Å²) in [6, 6.07) is 0.0749. The largest absolute Gasteiger partial charge is 0.376 e. The number of nitrogens with zero attached hydrogens (tertiary/aromatic N) is 2. The highest BCUT2D eigenvalue weighted by molar-refractivity contribution is 5.76. The first kappa shape index (κ1) is 16.9. The fraction of sp³-hybridized carbons (Fsp3) is 0.812. The molecule has 0 aliphatic carbocycles. The Morgan fingerprint density at radius 2 is 2.23 bits per heavy atom. The summed E-state index contributed by atoms with van der Waals surface area (Å²) in [6.45, 7) is 8.93. The van der Waals surface area contributed by atoms with Gasteiger partial charge in [0.2, 0.25) is 11.8 Å². The molecule has 2 rings (SSSR count). The van der Waals surface area contributed by atoms with E-state index in [2.05, 4.69) is 15.5 Å². The molecule has 22 heavy (non-hydrogen) atoms. The molecular formula is C16H27N3O3. The molecule has 1 aromatic heterocycles. The number of ether oxygens (including phenoxy) is 1. The molecule has 1 aromatic rings. The molecule has 0 bridgehead atoms. The lowest BCUT2D eigenvalue weighted by atomic mass is 9.96. The summed E-state index contributed by atoms with van der Waals surface area (Å²) in [7, 11) is 0. The zero-order valence-corrected chi connectivity index (χ0v) is 14.0. The van der Waals surface area contributed by atoms with Gasteiger partial charge < -0.3 is 14.6 Å². The predicted molar refractivity (Wildman–Crippen MR) is 82.5 cm³/mol. The number of aryl methyl sites for hydroxylation is 1. The van der Waals surface area contributed by atoms with Gasteiger partial charge in [0.05, 0.1) is 12.1 Å². The Balaban J connectivity index is 1.69. The van der Waals surface area contributed by atoms with Crippen molar-refractivity contribution in [3.8, 4) is 0 Å². The van der Waals surface area contributed by atoms with Crippen molar-refractivity contribution in [1.82, 2.24) is 15.5 Å². The van der Waals surface area contributed by atoms with Gasteiger partial charge in [0.15, 0.2) is 5.82 Å². The maximum Gasteiger partial charge on any atom is 0.226 e. The van der Waals surface area contributed by atoms with E-state index in [1.807, 2.05) is 27.7 Å². The van der Waals surface area contributed by atoms with Crippen molar-refractivity contribution in [2.75, 3.05) is 6.61 Å². The van der Waals surface area contributed by atoms with E-state index in [-0.39, 0.29) is 23.5 Å². The quantitative estimate of drug-likeness (QED) is 0.873. The van der Waals surface area contributed by atoms with Crippen molar-refractivity contribution < 1.29 is 14.1 Å². The number of amides is 1. The van der Waals surface area contributed by atoms with E-state index in [1.54, 1.807) is 0 Å². The zero-order chi connectivity index (χ0) is 16.2. The molecular weight excluding hydrogens is 282 g/mol. The molecule has 1 amide bonds. The molecule has 0 radical (unpaired) electrons. The van der Waals surface area contributed by atoms with Gasteiger partial charge in [0, 0.05) is 24.9 Å². The second-order valence-electron chi connectivity index (χ2n) is 7.02. The molecule has 1 aliphatic rings. The number of carbonyl (C=O) groups excluding carboxylic acids is 1. The third-order valence-electron chi connectivity index (χ3n) is 3.84. The number of aromatic nitrogens is 2. The number of nitrogens with one attached hydrogen (secondary N) is 1. The molecule has 0 saturated carbocycles. The summed E-state index contributed by atoms with van der Waals surface area (Å²) in [5.74, 6) is 1.36. The van der Waals surface area contributed by atoms with E-state index in [0.717, 1.165) is 19.4 Å². The molecule has 124 valence electrons. The highest BCUT2D eigenvalue weighted by atomic mass is 16.5. The zero-order valence-electron chi connectivity index (χ0n) is 14.0. The van der Waals surface area contributed by atoms with Crippen LogP contribution in [0.2, 0.25) is 0 Å². The second-order valence-corrected chi connectivity index (χ2v) is 7.02. The van der Waals surface area contributed by atoms with E-state index < -0.39 is 0 Å². The maximum absolute atomic E-state index is 11.9. The smallest absolute Gasteiger partial charge is 0.226 e. The lowest BCUT2D eigenvalue weighted by Crippen LogP contribution is -2.40. The number of hydrogen-bond acceptors (Lipinski definition) is 5. The van der Waals surface area contributed by atoms with Crippen LogP contribution in [0.3, 0.4) is 0 Å². The fourth-order valence-electron chi connectivity index (χ4n) is 2.48. The van der Waals surface area contributed by atoms with Gasteiger partial charge >= 0.3 is 0 Å². The molecule has 2 atom stereocenters. The molecule has 6 heteroatoms. The van der Waals surface area contributed by atoms with Gasteiger partial charge in [-0.1, -0.05) is 25.9 Å². The first-order valence-electron chi connectivity index (χ1n) is 8.10. The van der Waals surface area contributed by atoms with Gasteiger partial charge in [-0.05, 0) is 26.2 Å². The van der Waals surface area contributed by atoms with Crippen LogP contribution in [0.5, 0.6) is 0 Å². The Bertz CT molecular complexity index is 487. The predicted octanol–water partition coefficient (Wildman–Crippen LogP) is 2.37. The Morgan fingerprint density at radius 3 is 2.82 bits per heavy atom. The van der Waals surface area contributed by atoms with E-state index in [1.165, 1.54) is 0 Å². The molecule has 0 unspecified atom stereocenters.